The van der Waals surface area contributed by atoms with Crippen molar-refractivity contribution in [3.8, 4) is 0 Å². The van der Waals surface area contributed by atoms with Crippen LogP contribution >= 0.6 is 0 Å². The number of nitrogens with zero attached hydrogens (tertiary/aromatic N) is 1. The van der Waals surface area contributed by atoms with E-state index >= 15 is 0 Å². The molecule has 1 saturated heterocycles. The molecule has 1 heterocycles. The molecule has 3 rings (SSSR count). The Morgan fingerprint density at radius 2 is 1.79 bits per heavy atom. The molecule has 1 saturated carbocycles. The average Bonchev–Trinajstić information content (AvgIpc) is 3.26. The second kappa shape index (κ2) is 7.03. The number of carbonyl (C=O) groups excluding carboxylic acids is 2. The molecule has 2 aliphatic rings. The van der Waals surface area contributed by atoms with E-state index in [1.165, 1.54) is 12.1 Å². The number of rotatable bonds is 4. The normalized spacial score (nSPS) is 23.2. The lowest BCUT2D eigenvalue weighted by Crippen LogP contribution is -2.36. The Labute approximate surface area is 140 Å². The van der Waals surface area contributed by atoms with Crippen LogP contribution < -0.4 is 5.32 Å². The quantitative estimate of drug-likeness (QED) is 0.883. The highest BCUT2D eigenvalue weighted by Crippen LogP contribution is 2.28. The molecule has 2 amide bonds. The lowest BCUT2D eigenvalue weighted by molar-refractivity contribution is -0.134. The molecule has 1 aliphatic carbocycles. The van der Waals surface area contributed by atoms with Gasteiger partial charge in [-0.25, -0.2) is 4.79 Å². The third-order valence-corrected chi connectivity index (χ3v) is 4.91. The highest BCUT2D eigenvalue weighted by molar-refractivity contribution is 5.97. The predicted octanol–water partition coefficient (Wildman–Crippen LogP) is 1.91. The number of amides is 2. The molecule has 2 atom stereocenters. The Balaban J connectivity index is 1.57. The molecular formula is C18H22N2O4. The van der Waals surface area contributed by atoms with E-state index in [0.29, 0.717) is 12.0 Å². The fourth-order valence-corrected chi connectivity index (χ4v) is 3.59. The third kappa shape index (κ3) is 3.58. The molecule has 6 nitrogen and oxygen atoms in total. The van der Waals surface area contributed by atoms with Crippen molar-refractivity contribution >= 4 is 17.8 Å². The predicted molar refractivity (Wildman–Crippen MR) is 87.8 cm³/mol. The van der Waals surface area contributed by atoms with Crippen LogP contribution in [0.3, 0.4) is 0 Å². The van der Waals surface area contributed by atoms with E-state index in [-0.39, 0.29) is 29.3 Å². The van der Waals surface area contributed by atoms with Crippen LogP contribution in [-0.2, 0) is 4.79 Å². The summed E-state index contributed by atoms with van der Waals surface area (Å²) in [5.74, 6) is -1.12. The number of nitrogens with one attached hydrogen (secondary N) is 1. The van der Waals surface area contributed by atoms with Gasteiger partial charge in [0, 0.05) is 30.6 Å². The third-order valence-electron chi connectivity index (χ3n) is 4.91. The number of carboxylic acid groups (broad SMARTS) is 1. The molecule has 0 spiro atoms. The number of aromatic carboxylic acids is 1. The molecule has 6 heteroatoms. The SMILES string of the molecule is O=C(O)c1cccc(C(=O)N[C@H]2CC[C@@H](C(=O)N3CCCC3)C2)c1. The zero-order chi connectivity index (χ0) is 17.1. The van der Waals surface area contributed by atoms with Gasteiger partial charge in [-0.3, -0.25) is 9.59 Å². The maximum atomic E-state index is 12.4. The Hall–Kier alpha value is -2.37. The van der Waals surface area contributed by atoms with E-state index < -0.39 is 5.97 Å². The van der Waals surface area contributed by atoms with E-state index in [4.69, 9.17) is 5.11 Å². The van der Waals surface area contributed by atoms with Gasteiger partial charge in [-0.15, -0.1) is 0 Å². The van der Waals surface area contributed by atoms with Gasteiger partial charge in [0.15, 0.2) is 0 Å². The zero-order valence-electron chi connectivity index (χ0n) is 13.5. The maximum Gasteiger partial charge on any atom is 0.335 e. The van der Waals surface area contributed by atoms with Gasteiger partial charge in [0.1, 0.15) is 0 Å². The fraction of sp³-hybridized carbons (Fsp3) is 0.500. The van der Waals surface area contributed by atoms with Crippen LogP contribution in [0.25, 0.3) is 0 Å². The van der Waals surface area contributed by atoms with Crippen molar-refractivity contribution in [1.82, 2.24) is 10.2 Å². The summed E-state index contributed by atoms with van der Waals surface area (Å²) in [6, 6.07) is 5.97. The molecule has 24 heavy (non-hydrogen) atoms. The van der Waals surface area contributed by atoms with Crippen molar-refractivity contribution in [2.75, 3.05) is 13.1 Å². The molecular weight excluding hydrogens is 308 g/mol. The minimum absolute atomic E-state index is 0.00115. The molecule has 0 radical (unpaired) electrons. The summed E-state index contributed by atoms with van der Waals surface area (Å²) in [6.45, 7) is 1.71. The lowest BCUT2D eigenvalue weighted by atomic mass is 10.1. The Kier molecular flexibility index (Phi) is 4.83. The smallest absolute Gasteiger partial charge is 0.335 e. The second-order valence-corrected chi connectivity index (χ2v) is 6.60. The van der Waals surface area contributed by atoms with Crippen LogP contribution in [0.5, 0.6) is 0 Å². The van der Waals surface area contributed by atoms with Gasteiger partial charge in [0.05, 0.1) is 5.56 Å². The van der Waals surface area contributed by atoms with E-state index in [1.54, 1.807) is 12.1 Å². The maximum absolute atomic E-state index is 12.4. The van der Waals surface area contributed by atoms with E-state index in [9.17, 15) is 14.4 Å². The monoisotopic (exact) mass is 330 g/mol. The van der Waals surface area contributed by atoms with Crippen molar-refractivity contribution in [3.05, 3.63) is 35.4 Å². The number of likely N-dealkylation sites (tertiary alicyclic amines) is 1. The minimum atomic E-state index is -1.05. The largest absolute Gasteiger partial charge is 0.478 e. The summed E-state index contributed by atoms with van der Waals surface area (Å²) in [6.07, 6.45) is 4.42. The van der Waals surface area contributed by atoms with Crippen molar-refractivity contribution in [3.63, 3.8) is 0 Å². The molecule has 1 aromatic rings. The van der Waals surface area contributed by atoms with Crippen LogP contribution in [0.2, 0.25) is 0 Å². The van der Waals surface area contributed by atoms with Crippen LogP contribution in [0.15, 0.2) is 24.3 Å². The second-order valence-electron chi connectivity index (χ2n) is 6.60. The molecule has 2 fully saturated rings. The number of hydrogen-bond donors (Lipinski definition) is 2. The molecule has 2 N–H and O–H groups in total. The zero-order valence-corrected chi connectivity index (χ0v) is 13.5. The van der Waals surface area contributed by atoms with Crippen LogP contribution in [0.1, 0.15) is 52.8 Å². The summed E-state index contributed by atoms with van der Waals surface area (Å²) in [5.41, 5.74) is 0.431. The van der Waals surface area contributed by atoms with Crippen molar-refractivity contribution in [2.45, 2.75) is 38.1 Å². The van der Waals surface area contributed by atoms with Crippen LogP contribution in [0.4, 0.5) is 0 Å². The first kappa shape index (κ1) is 16.5. The Morgan fingerprint density at radius 3 is 2.50 bits per heavy atom. The average molecular weight is 330 g/mol. The fourth-order valence-electron chi connectivity index (χ4n) is 3.59. The van der Waals surface area contributed by atoms with Gasteiger partial charge >= 0.3 is 5.97 Å². The lowest BCUT2D eigenvalue weighted by Gasteiger charge is -2.20. The van der Waals surface area contributed by atoms with E-state index in [0.717, 1.165) is 38.8 Å². The van der Waals surface area contributed by atoms with Gasteiger partial charge in [0.2, 0.25) is 5.91 Å². The van der Waals surface area contributed by atoms with E-state index in [2.05, 4.69) is 5.32 Å². The molecule has 0 unspecified atom stereocenters. The summed E-state index contributed by atoms with van der Waals surface area (Å²) in [7, 11) is 0. The molecule has 0 bridgehead atoms. The molecule has 0 aromatic heterocycles. The van der Waals surface area contributed by atoms with Gasteiger partial charge < -0.3 is 15.3 Å². The topological polar surface area (TPSA) is 86.7 Å². The molecule has 1 aromatic carbocycles. The molecule has 1 aliphatic heterocycles. The number of hydrogen-bond acceptors (Lipinski definition) is 3. The van der Waals surface area contributed by atoms with Crippen molar-refractivity contribution in [2.24, 2.45) is 5.92 Å². The van der Waals surface area contributed by atoms with Crippen LogP contribution in [0, 0.1) is 5.92 Å². The van der Waals surface area contributed by atoms with Gasteiger partial charge in [-0.1, -0.05) is 6.07 Å². The highest BCUT2D eigenvalue weighted by Gasteiger charge is 2.34. The summed E-state index contributed by atoms with van der Waals surface area (Å²) >= 11 is 0. The molecule has 128 valence electrons. The highest BCUT2D eigenvalue weighted by atomic mass is 16.4. The first-order valence-corrected chi connectivity index (χ1v) is 8.47. The van der Waals surface area contributed by atoms with Crippen molar-refractivity contribution in [1.29, 1.82) is 0 Å². The van der Waals surface area contributed by atoms with Gasteiger partial charge in [-0.05, 0) is 50.3 Å². The number of carboxylic acids is 1. The summed E-state index contributed by atoms with van der Waals surface area (Å²) in [4.78, 5) is 37.7. The summed E-state index contributed by atoms with van der Waals surface area (Å²) in [5, 5.41) is 11.9. The van der Waals surface area contributed by atoms with Crippen LogP contribution in [-0.4, -0.2) is 46.9 Å². The standard InChI is InChI=1S/C18H22N2O4/c21-16(12-4-3-5-14(10-12)18(23)24)19-15-7-6-13(11-15)17(22)20-8-1-2-9-20/h3-5,10,13,15H,1-2,6-9,11H2,(H,19,21)(H,23,24)/t13-,15+/m1/s1. The first-order chi connectivity index (χ1) is 11.5. The summed E-state index contributed by atoms with van der Waals surface area (Å²) < 4.78 is 0. The van der Waals surface area contributed by atoms with E-state index in [1.807, 2.05) is 4.90 Å². The van der Waals surface area contributed by atoms with Gasteiger partial charge in [-0.2, -0.15) is 0 Å². The number of carbonyl (C=O) groups is 3. The Bertz CT molecular complexity index is 652. The minimum Gasteiger partial charge on any atom is -0.478 e. The number of benzene rings is 1. The Morgan fingerprint density at radius 1 is 1.08 bits per heavy atom. The van der Waals surface area contributed by atoms with Gasteiger partial charge in [0.25, 0.3) is 5.91 Å². The first-order valence-electron chi connectivity index (χ1n) is 8.47. The van der Waals surface area contributed by atoms with Crippen molar-refractivity contribution < 1.29 is 19.5 Å².